The number of nitrogens with zero attached hydrogens (tertiary/aromatic N) is 5. The molecule has 3 aromatic heterocycles. The second-order valence-electron chi connectivity index (χ2n) is 12.8. The van der Waals surface area contributed by atoms with Gasteiger partial charge in [0, 0.05) is 59.9 Å². The molecule has 0 saturated carbocycles. The standard InChI is InChI=1S/C39H35N5O/c1-39(2,3)27-19-20-40-36(23-27)44-35-25-31(45-30-14-10-13-29(24-30)42-22-21-41(4)26-42)17-18-33(35)37-38(44)32-15-8-9-16-34(32)43(37)28-11-6-5-7-12-28/h5-25H,26H2,1-4H3. The molecule has 0 bridgehead atoms. The van der Waals surface area contributed by atoms with Gasteiger partial charge in [0.15, 0.2) is 0 Å². The van der Waals surface area contributed by atoms with E-state index in [0.29, 0.717) is 0 Å². The molecule has 0 N–H and O–H groups in total. The zero-order valence-corrected chi connectivity index (χ0v) is 26.0. The van der Waals surface area contributed by atoms with Gasteiger partial charge >= 0.3 is 0 Å². The predicted octanol–water partition coefficient (Wildman–Crippen LogP) is 9.39. The summed E-state index contributed by atoms with van der Waals surface area (Å²) in [6.07, 6.45) is 6.10. The normalized spacial score (nSPS) is 13.5. The van der Waals surface area contributed by atoms with Gasteiger partial charge in [-0.1, -0.05) is 63.2 Å². The van der Waals surface area contributed by atoms with E-state index in [9.17, 15) is 0 Å². The van der Waals surface area contributed by atoms with E-state index in [-0.39, 0.29) is 5.41 Å². The number of benzene rings is 4. The SMILES string of the molecule is CN1C=CN(c2cccc(Oc3ccc4c(c3)n(-c3cc(C(C)(C)C)ccn3)c3c5ccccc5n(-c5ccccc5)c43)c2)C1. The molecule has 0 aliphatic carbocycles. The number of hydrogen-bond donors (Lipinski definition) is 0. The number of hydrogen-bond acceptors (Lipinski definition) is 4. The minimum atomic E-state index is -0.0174. The van der Waals surface area contributed by atoms with E-state index in [0.717, 1.165) is 62.8 Å². The Bertz CT molecular complexity index is 2240. The Balaban J connectivity index is 1.37. The maximum atomic E-state index is 6.55. The summed E-state index contributed by atoms with van der Waals surface area (Å²) < 4.78 is 11.2. The molecule has 0 radical (unpaired) electrons. The van der Waals surface area contributed by atoms with Gasteiger partial charge in [-0.3, -0.25) is 4.57 Å². The van der Waals surface area contributed by atoms with Gasteiger partial charge < -0.3 is 19.1 Å². The highest BCUT2D eigenvalue weighted by Crippen LogP contribution is 2.42. The third-order valence-corrected chi connectivity index (χ3v) is 8.65. The maximum absolute atomic E-state index is 6.55. The van der Waals surface area contributed by atoms with E-state index in [4.69, 9.17) is 9.72 Å². The van der Waals surface area contributed by atoms with E-state index in [1.165, 1.54) is 10.9 Å². The van der Waals surface area contributed by atoms with Crippen LogP contribution < -0.4 is 9.64 Å². The smallest absolute Gasteiger partial charge is 0.137 e. The first-order valence-electron chi connectivity index (χ1n) is 15.4. The van der Waals surface area contributed by atoms with Crippen LogP contribution in [0.5, 0.6) is 11.5 Å². The molecule has 1 aliphatic heterocycles. The Morgan fingerprint density at radius 3 is 2.18 bits per heavy atom. The molecule has 6 nitrogen and oxygen atoms in total. The van der Waals surface area contributed by atoms with Crippen LogP contribution in [0.15, 0.2) is 128 Å². The molecular formula is C39H35N5O. The lowest BCUT2D eigenvalue weighted by molar-refractivity contribution is 0.481. The number of fused-ring (bicyclic) bond motifs is 5. The van der Waals surface area contributed by atoms with Gasteiger partial charge in [0.1, 0.15) is 17.3 Å². The van der Waals surface area contributed by atoms with Gasteiger partial charge in [-0.2, -0.15) is 0 Å². The van der Waals surface area contributed by atoms with Crippen molar-refractivity contribution in [2.45, 2.75) is 26.2 Å². The molecule has 7 aromatic rings. The van der Waals surface area contributed by atoms with Crippen LogP contribution in [0.25, 0.3) is 44.3 Å². The van der Waals surface area contributed by atoms with Crippen LogP contribution in [0, 0.1) is 0 Å². The third kappa shape index (κ3) is 4.61. The highest BCUT2D eigenvalue weighted by atomic mass is 16.5. The topological polar surface area (TPSA) is 38.5 Å². The molecule has 222 valence electrons. The molecule has 0 amide bonds. The number of ether oxygens (including phenoxy) is 1. The summed E-state index contributed by atoms with van der Waals surface area (Å²) >= 11 is 0. The molecule has 8 rings (SSSR count). The van der Waals surface area contributed by atoms with Crippen LogP contribution in [0.3, 0.4) is 0 Å². The molecule has 0 unspecified atom stereocenters. The van der Waals surface area contributed by atoms with Gasteiger partial charge in [0.2, 0.25) is 0 Å². The summed E-state index contributed by atoms with van der Waals surface area (Å²) in [4.78, 5) is 9.31. The van der Waals surface area contributed by atoms with Crippen LogP contribution in [0.1, 0.15) is 26.3 Å². The van der Waals surface area contributed by atoms with Gasteiger partial charge in [0.05, 0.1) is 28.7 Å². The van der Waals surface area contributed by atoms with E-state index in [1.807, 2.05) is 18.3 Å². The van der Waals surface area contributed by atoms with Crippen molar-refractivity contribution in [2.24, 2.45) is 0 Å². The zero-order chi connectivity index (χ0) is 30.7. The predicted molar refractivity (Wildman–Crippen MR) is 185 cm³/mol. The fourth-order valence-electron chi connectivity index (χ4n) is 6.43. The molecule has 4 aromatic carbocycles. The average Bonchev–Trinajstić information content (AvgIpc) is 3.73. The summed E-state index contributed by atoms with van der Waals surface area (Å²) in [7, 11) is 2.07. The Kier molecular flexibility index (Phi) is 6.20. The van der Waals surface area contributed by atoms with Gasteiger partial charge in [-0.15, -0.1) is 0 Å². The van der Waals surface area contributed by atoms with Crippen molar-refractivity contribution in [1.82, 2.24) is 19.0 Å². The highest BCUT2D eigenvalue weighted by Gasteiger charge is 2.24. The van der Waals surface area contributed by atoms with E-state index >= 15 is 0 Å². The van der Waals surface area contributed by atoms with Crippen molar-refractivity contribution in [1.29, 1.82) is 0 Å². The second-order valence-corrected chi connectivity index (χ2v) is 12.8. The number of anilines is 1. The number of aromatic nitrogens is 3. The average molecular weight is 590 g/mol. The van der Waals surface area contributed by atoms with Crippen molar-refractivity contribution in [3.05, 3.63) is 133 Å². The van der Waals surface area contributed by atoms with Crippen LogP contribution in [-0.2, 0) is 5.41 Å². The Hall–Kier alpha value is -5.49. The lowest BCUT2D eigenvalue weighted by Crippen LogP contribution is -2.21. The third-order valence-electron chi connectivity index (χ3n) is 8.65. The molecule has 4 heterocycles. The highest BCUT2D eigenvalue weighted by molar-refractivity contribution is 6.20. The van der Waals surface area contributed by atoms with Crippen molar-refractivity contribution >= 4 is 38.5 Å². The Morgan fingerprint density at radius 2 is 1.38 bits per heavy atom. The fraction of sp³-hybridized carbons (Fsp3) is 0.154. The monoisotopic (exact) mass is 589 g/mol. The van der Waals surface area contributed by atoms with Crippen molar-refractivity contribution < 1.29 is 4.74 Å². The van der Waals surface area contributed by atoms with Crippen LogP contribution in [0.2, 0.25) is 0 Å². The van der Waals surface area contributed by atoms with Crippen LogP contribution in [0.4, 0.5) is 5.69 Å². The van der Waals surface area contributed by atoms with Crippen molar-refractivity contribution in [2.75, 3.05) is 18.6 Å². The van der Waals surface area contributed by atoms with Crippen molar-refractivity contribution in [3.63, 3.8) is 0 Å². The van der Waals surface area contributed by atoms with Crippen molar-refractivity contribution in [3.8, 4) is 23.0 Å². The molecule has 0 atom stereocenters. The zero-order valence-electron chi connectivity index (χ0n) is 26.0. The Labute approximate surface area is 263 Å². The lowest BCUT2D eigenvalue weighted by atomic mass is 9.88. The second kappa shape index (κ2) is 10.3. The van der Waals surface area contributed by atoms with E-state index < -0.39 is 0 Å². The lowest BCUT2D eigenvalue weighted by Gasteiger charge is -2.20. The summed E-state index contributed by atoms with van der Waals surface area (Å²) in [5.41, 5.74) is 7.93. The molecular weight excluding hydrogens is 554 g/mol. The largest absolute Gasteiger partial charge is 0.457 e. The fourth-order valence-corrected chi connectivity index (χ4v) is 6.43. The summed E-state index contributed by atoms with van der Waals surface area (Å²) in [5, 5.41) is 2.31. The summed E-state index contributed by atoms with van der Waals surface area (Å²) in [5.74, 6) is 2.46. The summed E-state index contributed by atoms with van der Waals surface area (Å²) in [6.45, 7) is 7.54. The van der Waals surface area contributed by atoms with Crippen LogP contribution >= 0.6 is 0 Å². The Morgan fingerprint density at radius 1 is 0.644 bits per heavy atom. The molecule has 45 heavy (non-hydrogen) atoms. The molecule has 0 saturated heterocycles. The quantitative estimate of drug-likeness (QED) is 0.201. The molecule has 0 fully saturated rings. The number of para-hydroxylation sites is 2. The van der Waals surface area contributed by atoms with Gasteiger partial charge in [-0.05, 0) is 65.6 Å². The first-order valence-corrected chi connectivity index (χ1v) is 15.4. The number of rotatable bonds is 5. The molecule has 1 aliphatic rings. The number of pyridine rings is 1. The minimum absolute atomic E-state index is 0.0174. The summed E-state index contributed by atoms with van der Waals surface area (Å²) in [6, 6.07) is 38.3. The van der Waals surface area contributed by atoms with Gasteiger partial charge in [0.25, 0.3) is 0 Å². The molecule has 6 heteroatoms. The van der Waals surface area contributed by atoms with Crippen LogP contribution in [-0.4, -0.2) is 32.7 Å². The van der Waals surface area contributed by atoms with E-state index in [2.05, 4.69) is 156 Å². The first-order chi connectivity index (χ1) is 21.8. The van der Waals surface area contributed by atoms with E-state index in [1.54, 1.807) is 0 Å². The van der Waals surface area contributed by atoms with Gasteiger partial charge in [-0.25, -0.2) is 4.98 Å². The minimum Gasteiger partial charge on any atom is -0.457 e. The molecule has 0 spiro atoms. The first kappa shape index (κ1) is 27.1. The maximum Gasteiger partial charge on any atom is 0.137 e.